The predicted molar refractivity (Wildman–Crippen MR) is 81.7 cm³/mol. The van der Waals surface area contributed by atoms with Crippen LogP contribution in [0, 0.1) is 0 Å². The zero-order chi connectivity index (χ0) is 15.6. The highest BCUT2D eigenvalue weighted by Crippen LogP contribution is 2.19. The van der Waals surface area contributed by atoms with Gasteiger partial charge in [0.2, 0.25) is 5.95 Å². The summed E-state index contributed by atoms with van der Waals surface area (Å²) < 4.78 is 5.40. The zero-order valence-electron chi connectivity index (χ0n) is 12.8. The van der Waals surface area contributed by atoms with Gasteiger partial charge in [0.1, 0.15) is 10.8 Å². The molecule has 0 aromatic carbocycles. The van der Waals surface area contributed by atoms with Crippen LogP contribution in [0.2, 0.25) is 5.15 Å². The monoisotopic (exact) mass is 312 g/mol. The van der Waals surface area contributed by atoms with Crippen molar-refractivity contribution in [2.75, 3.05) is 24.5 Å². The topological polar surface area (TPSA) is 58.6 Å². The molecule has 2 rings (SSSR count). The number of carbonyl (C=O) groups excluding carboxylic acids is 1. The maximum absolute atomic E-state index is 12.1. The molecule has 1 aliphatic heterocycles. The summed E-state index contributed by atoms with van der Waals surface area (Å²) in [5, 5.41) is 0.418. The van der Waals surface area contributed by atoms with Crippen molar-refractivity contribution in [3.05, 3.63) is 17.4 Å². The molecule has 1 aromatic heterocycles. The highest BCUT2D eigenvalue weighted by atomic mass is 35.5. The van der Waals surface area contributed by atoms with Gasteiger partial charge in [-0.1, -0.05) is 11.6 Å². The van der Waals surface area contributed by atoms with E-state index in [1.54, 1.807) is 17.2 Å². The number of hydrogen-bond donors (Lipinski definition) is 0. The Labute approximate surface area is 130 Å². The fourth-order valence-corrected chi connectivity index (χ4v) is 2.34. The molecule has 0 bridgehead atoms. The smallest absolute Gasteiger partial charge is 0.410 e. The van der Waals surface area contributed by atoms with Crippen LogP contribution in [0.5, 0.6) is 0 Å². The first-order chi connectivity index (χ1) is 9.76. The average Bonchev–Trinajstić information content (AvgIpc) is 2.36. The molecule has 7 heteroatoms. The molecule has 0 radical (unpaired) electrons. The summed E-state index contributed by atoms with van der Waals surface area (Å²) in [5.74, 6) is 0.596. The van der Waals surface area contributed by atoms with Gasteiger partial charge in [-0.15, -0.1) is 0 Å². The third kappa shape index (κ3) is 4.20. The van der Waals surface area contributed by atoms with E-state index in [1.807, 2.05) is 32.6 Å². The lowest BCUT2D eigenvalue weighted by Crippen LogP contribution is -2.55. The molecule has 1 fully saturated rings. The number of nitrogens with zero attached hydrogens (tertiary/aromatic N) is 4. The van der Waals surface area contributed by atoms with Crippen LogP contribution in [0.3, 0.4) is 0 Å². The number of ether oxygens (including phenoxy) is 1. The van der Waals surface area contributed by atoms with Crippen LogP contribution in [0.15, 0.2) is 12.3 Å². The van der Waals surface area contributed by atoms with Crippen LogP contribution in [-0.2, 0) is 4.74 Å². The van der Waals surface area contributed by atoms with E-state index in [0.717, 1.165) is 0 Å². The van der Waals surface area contributed by atoms with E-state index in [4.69, 9.17) is 16.3 Å². The second-order valence-corrected chi connectivity index (χ2v) is 6.54. The average molecular weight is 313 g/mol. The minimum atomic E-state index is -0.479. The molecule has 0 saturated carbocycles. The predicted octanol–water partition coefficient (Wildman–Crippen LogP) is 2.58. The molecule has 2 heterocycles. The van der Waals surface area contributed by atoms with Crippen molar-refractivity contribution in [3.63, 3.8) is 0 Å². The Morgan fingerprint density at radius 2 is 2.14 bits per heavy atom. The van der Waals surface area contributed by atoms with E-state index < -0.39 is 5.60 Å². The van der Waals surface area contributed by atoms with Crippen LogP contribution in [0.1, 0.15) is 27.7 Å². The summed E-state index contributed by atoms with van der Waals surface area (Å²) in [5.41, 5.74) is -0.479. The maximum atomic E-state index is 12.1. The first-order valence-corrected chi connectivity index (χ1v) is 7.37. The fourth-order valence-electron chi connectivity index (χ4n) is 2.21. The molecule has 1 saturated heterocycles. The summed E-state index contributed by atoms with van der Waals surface area (Å²) in [6.45, 7) is 9.43. The number of aromatic nitrogens is 2. The Morgan fingerprint density at radius 1 is 1.43 bits per heavy atom. The van der Waals surface area contributed by atoms with Crippen molar-refractivity contribution in [1.82, 2.24) is 14.9 Å². The van der Waals surface area contributed by atoms with E-state index in [2.05, 4.69) is 9.97 Å². The molecule has 1 aliphatic rings. The van der Waals surface area contributed by atoms with Crippen molar-refractivity contribution in [1.29, 1.82) is 0 Å². The zero-order valence-corrected chi connectivity index (χ0v) is 13.6. The van der Waals surface area contributed by atoms with Crippen molar-refractivity contribution in [3.8, 4) is 0 Å². The molecule has 1 aromatic rings. The standard InChI is InChI=1S/C14H21ClN4O2/c1-10-9-18(13(20)21-14(2,3)4)7-8-19(10)12-16-6-5-11(15)17-12/h5-6,10H,7-9H2,1-4H3. The first-order valence-electron chi connectivity index (χ1n) is 6.99. The highest BCUT2D eigenvalue weighted by molar-refractivity contribution is 6.29. The minimum absolute atomic E-state index is 0.102. The third-order valence-corrected chi connectivity index (χ3v) is 3.36. The summed E-state index contributed by atoms with van der Waals surface area (Å²) in [7, 11) is 0. The molecule has 0 N–H and O–H groups in total. The number of anilines is 1. The summed E-state index contributed by atoms with van der Waals surface area (Å²) in [4.78, 5) is 24.3. The van der Waals surface area contributed by atoms with Gasteiger partial charge in [0, 0.05) is 31.9 Å². The van der Waals surface area contributed by atoms with Crippen LogP contribution in [0.25, 0.3) is 0 Å². The number of amides is 1. The Bertz CT molecular complexity index is 518. The Morgan fingerprint density at radius 3 is 2.71 bits per heavy atom. The van der Waals surface area contributed by atoms with E-state index in [0.29, 0.717) is 30.7 Å². The van der Waals surface area contributed by atoms with E-state index in [-0.39, 0.29) is 12.1 Å². The molecule has 0 spiro atoms. The number of carbonyl (C=O) groups is 1. The largest absolute Gasteiger partial charge is 0.444 e. The SMILES string of the molecule is CC1CN(C(=O)OC(C)(C)C)CCN1c1nccc(Cl)n1. The van der Waals surface area contributed by atoms with Gasteiger partial charge < -0.3 is 14.5 Å². The molecular weight excluding hydrogens is 292 g/mol. The lowest BCUT2D eigenvalue weighted by molar-refractivity contribution is 0.0218. The lowest BCUT2D eigenvalue weighted by Gasteiger charge is -2.40. The van der Waals surface area contributed by atoms with Gasteiger partial charge in [0.05, 0.1) is 0 Å². The minimum Gasteiger partial charge on any atom is -0.444 e. The van der Waals surface area contributed by atoms with Crippen molar-refractivity contribution >= 4 is 23.6 Å². The lowest BCUT2D eigenvalue weighted by atomic mass is 10.2. The molecule has 1 unspecified atom stereocenters. The summed E-state index contributed by atoms with van der Waals surface area (Å²) in [6.07, 6.45) is 1.36. The van der Waals surface area contributed by atoms with Crippen molar-refractivity contribution in [2.45, 2.75) is 39.3 Å². The van der Waals surface area contributed by atoms with Gasteiger partial charge in [0.15, 0.2) is 0 Å². The Balaban J connectivity index is 2.01. The number of hydrogen-bond acceptors (Lipinski definition) is 5. The summed E-state index contributed by atoms with van der Waals surface area (Å²) >= 11 is 5.90. The third-order valence-electron chi connectivity index (χ3n) is 3.14. The van der Waals surface area contributed by atoms with E-state index >= 15 is 0 Å². The molecule has 1 atom stereocenters. The van der Waals surface area contributed by atoms with Gasteiger partial charge in [-0.2, -0.15) is 0 Å². The van der Waals surface area contributed by atoms with Crippen LogP contribution in [0.4, 0.5) is 10.7 Å². The van der Waals surface area contributed by atoms with Crippen molar-refractivity contribution < 1.29 is 9.53 Å². The van der Waals surface area contributed by atoms with Gasteiger partial charge >= 0.3 is 6.09 Å². The van der Waals surface area contributed by atoms with Gasteiger partial charge in [-0.25, -0.2) is 14.8 Å². The maximum Gasteiger partial charge on any atom is 0.410 e. The van der Waals surface area contributed by atoms with Crippen molar-refractivity contribution in [2.24, 2.45) is 0 Å². The van der Waals surface area contributed by atoms with Gasteiger partial charge in [-0.3, -0.25) is 0 Å². The van der Waals surface area contributed by atoms with Crippen LogP contribution < -0.4 is 4.90 Å². The Hall–Kier alpha value is -1.56. The second-order valence-electron chi connectivity index (χ2n) is 6.15. The highest BCUT2D eigenvalue weighted by Gasteiger charge is 2.30. The number of halogens is 1. The second kappa shape index (κ2) is 6.05. The summed E-state index contributed by atoms with van der Waals surface area (Å²) in [6, 6.07) is 1.75. The van der Waals surface area contributed by atoms with Crippen LogP contribution in [-0.4, -0.2) is 52.2 Å². The Kier molecular flexibility index (Phi) is 4.56. The normalized spacial score (nSPS) is 19.6. The first kappa shape index (κ1) is 15.8. The van der Waals surface area contributed by atoms with Gasteiger partial charge in [0.25, 0.3) is 0 Å². The molecule has 116 valence electrons. The molecule has 21 heavy (non-hydrogen) atoms. The quantitative estimate of drug-likeness (QED) is 0.746. The molecule has 0 aliphatic carbocycles. The fraction of sp³-hybridized carbons (Fsp3) is 0.643. The molecular formula is C14H21ClN4O2. The number of rotatable bonds is 1. The van der Waals surface area contributed by atoms with E-state index in [9.17, 15) is 4.79 Å². The number of piperazine rings is 1. The van der Waals surface area contributed by atoms with E-state index in [1.165, 1.54) is 0 Å². The molecule has 6 nitrogen and oxygen atoms in total. The van der Waals surface area contributed by atoms with Gasteiger partial charge in [-0.05, 0) is 33.8 Å². The van der Waals surface area contributed by atoms with Crippen LogP contribution >= 0.6 is 11.6 Å². The molecule has 1 amide bonds.